The molecular weight excluding hydrogens is 612 g/mol. The van der Waals surface area contributed by atoms with Crippen molar-refractivity contribution in [1.29, 1.82) is 0 Å². The highest BCUT2D eigenvalue weighted by atomic mass is 16.5. The van der Waals surface area contributed by atoms with E-state index in [0.717, 1.165) is 27.8 Å². The van der Waals surface area contributed by atoms with Gasteiger partial charge in [0.05, 0.1) is 29.9 Å². The average molecular weight is 651 g/mol. The number of nitrogens with zero attached hydrogens (tertiary/aromatic N) is 2. The minimum Gasteiger partial charge on any atom is -0.478 e. The number of aryl methyl sites for hydroxylation is 2. The Kier molecular flexibility index (Phi) is 10.4. The SMILES string of the molecule is CCOC(=O)c1cc(C(=O)N2CC(O)C2)cc(-c2ccc(C)cc2)c1.Cc1ccc(-c2cc(C(=O)O)cc(C(=O)N3CC(O)C3)c2)cc1. The summed E-state index contributed by atoms with van der Waals surface area (Å²) in [5.41, 5.74) is 6.68. The first-order valence-electron chi connectivity index (χ1n) is 15.7. The van der Waals surface area contributed by atoms with Crippen molar-refractivity contribution >= 4 is 23.8 Å². The number of aliphatic hydroxyl groups is 2. The molecule has 0 radical (unpaired) electrons. The lowest BCUT2D eigenvalue weighted by molar-refractivity contribution is 0.00586. The lowest BCUT2D eigenvalue weighted by Crippen LogP contribution is -2.53. The highest BCUT2D eigenvalue weighted by Crippen LogP contribution is 2.27. The second-order valence-corrected chi connectivity index (χ2v) is 12.1. The molecule has 2 aliphatic rings. The van der Waals surface area contributed by atoms with E-state index >= 15 is 0 Å². The third kappa shape index (κ3) is 7.96. The van der Waals surface area contributed by atoms with Crippen LogP contribution in [0.2, 0.25) is 0 Å². The van der Waals surface area contributed by atoms with Gasteiger partial charge in [0.1, 0.15) is 0 Å². The Hall–Kier alpha value is -5.32. The molecule has 6 rings (SSSR count). The number of esters is 1. The van der Waals surface area contributed by atoms with Crippen LogP contribution >= 0.6 is 0 Å². The van der Waals surface area contributed by atoms with E-state index < -0.39 is 24.1 Å². The fourth-order valence-corrected chi connectivity index (χ4v) is 5.39. The summed E-state index contributed by atoms with van der Waals surface area (Å²) in [5, 5.41) is 28.0. The maximum absolute atomic E-state index is 12.6. The third-order valence-corrected chi connectivity index (χ3v) is 8.19. The van der Waals surface area contributed by atoms with Crippen LogP contribution in [0.1, 0.15) is 59.5 Å². The van der Waals surface area contributed by atoms with E-state index in [4.69, 9.17) is 4.74 Å². The molecule has 4 aromatic carbocycles. The van der Waals surface area contributed by atoms with Crippen molar-refractivity contribution in [2.24, 2.45) is 0 Å². The fraction of sp³-hybridized carbons (Fsp3) is 0.263. The van der Waals surface area contributed by atoms with Crippen LogP contribution in [0.25, 0.3) is 22.3 Å². The third-order valence-electron chi connectivity index (χ3n) is 8.19. The van der Waals surface area contributed by atoms with Crippen LogP contribution in [0.3, 0.4) is 0 Å². The maximum atomic E-state index is 12.6. The second kappa shape index (κ2) is 14.6. The van der Waals surface area contributed by atoms with Crippen molar-refractivity contribution in [3.8, 4) is 22.3 Å². The van der Waals surface area contributed by atoms with Gasteiger partial charge in [0.15, 0.2) is 0 Å². The fourth-order valence-electron chi connectivity index (χ4n) is 5.39. The summed E-state index contributed by atoms with van der Waals surface area (Å²) in [6.45, 7) is 7.21. The molecule has 2 amide bonds. The van der Waals surface area contributed by atoms with Crippen LogP contribution in [0.15, 0.2) is 84.9 Å². The smallest absolute Gasteiger partial charge is 0.338 e. The van der Waals surface area contributed by atoms with Crippen LogP contribution in [0, 0.1) is 13.8 Å². The number of benzene rings is 4. The van der Waals surface area contributed by atoms with Gasteiger partial charge in [-0.05, 0) is 79.4 Å². The number of ether oxygens (including phenoxy) is 1. The number of rotatable bonds is 7. The molecule has 0 spiro atoms. The lowest BCUT2D eigenvalue weighted by Gasteiger charge is -2.36. The molecule has 10 heteroatoms. The minimum atomic E-state index is -1.07. The number of aromatic carboxylic acids is 1. The van der Waals surface area contributed by atoms with Gasteiger partial charge in [-0.3, -0.25) is 9.59 Å². The second-order valence-electron chi connectivity index (χ2n) is 12.1. The van der Waals surface area contributed by atoms with Crippen molar-refractivity contribution in [3.05, 3.63) is 118 Å². The number of amides is 2. The molecular formula is C38H38N2O8. The molecule has 2 aliphatic heterocycles. The largest absolute Gasteiger partial charge is 0.478 e. The quantitative estimate of drug-likeness (QED) is 0.241. The number of carbonyl (C=O) groups excluding carboxylic acids is 3. The molecule has 0 atom stereocenters. The number of carboxylic acid groups (broad SMARTS) is 1. The van der Waals surface area contributed by atoms with Crippen molar-refractivity contribution in [1.82, 2.24) is 9.80 Å². The molecule has 0 saturated carbocycles. The number of likely N-dealkylation sites (tertiary alicyclic amines) is 2. The first-order valence-corrected chi connectivity index (χ1v) is 15.7. The zero-order valence-electron chi connectivity index (χ0n) is 27.1. The summed E-state index contributed by atoms with van der Waals surface area (Å²) >= 11 is 0. The topological polar surface area (TPSA) is 145 Å². The summed E-state index contributed by atoms with van der Waals surface area (Å²) < 4.78 is 5.09. The van der Waals surface area contributed by atoms with Gasteiger partial charge < -0.3 is 29.9 Å². The number of β-amino-alcohol motifs (C(OH)–C–C–N with tert-alkyl or cyclic N) is 2. The highest BCUT2D eigenvalue weighted by Gasteiger charge is 2.31. The zero-order chi connectivity index (χ0) is 34.5. The van der Waals surface area contributed by atoms with Crippen molar-refractivity contribution in [2.75, 3.05) is 32.8 Å². The summed E-state index contributed by atoms with van der Waals surface area (Å²) in [4.78, 5) is 51.6. The minimum absolute atomic E-state index is 0.0764. The predicted molar refractivity (Wildman–Crippen MR) is 180 cm³/mol. The standard InChI is InChI=1S/C20H21NO4.C18H17NO4/c1-3-25-20(24)17-9-15(14-6-4-13(2)5-7-14)8-16(10-17)19(23)21-11-18(22)12-21;1-11-2-4-12(5-3-11)13-6-14(8-15(7-13)18(22)23)17(21)19-9-16(20)10-19/h4-10,18,22H,3,11-12H2,1-2H3;2-8,16,20H,9-10H2,1H3,(H,22,23). The molecule has 0 bridgehead atoms. The van der Waals surface area contributed by atoms with Gasteiger partial charge in [-0.15, -0.1) is 0 Å². The molecule has 4 aromatic rings. The summed E-state index contributed by atoms with van der Waals surface area (Å²) in [7, 11) is 0. The number of hydrogen-bond acceptors (Lipinski definition) is 7. The number of carboxylic acids is 1. The van der Waals surface area contributed by atoms with Crippen LogP contribution < -0.4 is 0 Å². The summed E-state index contributed by atoms with van der Waals surface area (Å²) in [5.74, 6) is -1.97. The first-order chi connectivity index (χ1) is 22.9. The molecule has 248 valence electrons. The number of carbonyl (C=O) groups is 4. The van der Waals surface area contributed by atoms with Crippen LogP contribution in [-0.2, 0) is 4.74 Å². The van der Waals surface area contributed by atoms with E-state index in [2.05, 4.69) is 0 Å². The Morgan fingerprint density at radius 3 is 1.35 bits per heavy atom. The molecule has 2 heterocycles. The Bertz CT molecular complexity index is 1820. The van der Waals surface area contributed by atoms with E-state index in [9.17, 15) is 34.5 Å². The van der Waals surface area contributed by atoms with Gasteiger partial charge in [0.25, 0.3) is 11.8 Å². The van der Waals surface area contributed by atoms with Crippen LogP contribution in [0.5, 0.6) is 0 Å². The van der Waals surface area contributed by atoms with Gasteiger partial charge in [-0.2, -0.15) is 0 Å². The van der Waals surface area contributed by atoms with Gasteiger partial charge in [-0.1, -0.05) is 59.7 Å². The molecule has 10 nitrogen and oxygen atoms in total. The average Bonchev–Trinajstić information content (AvgIpc) is 3.05. The molecule has 2 fully saturated rings. The van der Waals surface area contributed by atoms with Crippen molar-refractivity contribution in [3.63, 3.8) is 0 Å². The molecule has 0 aromatic heterocycles. The normalized spacial score (nSPS) is 14.3. The lowest BCUT2D eigenvalue weighted by atomic mass is 9.97. The van der Waals surface area contributed by atoms with E-state index in [1.54, 1.807) is 42.2 Å². The van der Waals surface area contributed by atoms with Gasteiger partial charge in [0.2, 0.25) is 0 Å². The summed E-state index contributed by atoms with van der Waals surface area (Å²) in [6, 6.07) is 25.3. The van der Waals surface area contributed by atoms with E-state index in [1.807, 2.05) is 62.4 Å². The van der Waals surface area contributed by atoms with Gasteiger partial charge >= 0.3 is 11.9 Å². The zero-order valence-corrected chi connectivity index (χ0v) is 27.1. The van der Waals surface area contributed by atoms with Crippen LogP contribution in [-0.4, -0.2) is 93.9 Å². The Morgan fingerprint density at radius 1 is 0.604 bits per heavy atom. The maximum Gasteiger partial charge on any atom is 0.338 e. The van der Waals surface area contributed by atoms with Crippen molar-refractivity contribution < 1.29 is 39.2 Å². The predicted octanol–water partition coefficient (Wildman–Crippen LogP) is 4.83. The Balaban J connectivity index is 0.000000188. The molecule has 0 unspecified atom stereocenters. The van der Waals surface area contributed by atoms with Gasteiger partial charge in [-0.25, -0.2) is 9.59 Å². The van der Waals surface area contributed by atoms with E-state index in [-0.39, 0.29) is 37.1 Å². The number of hydrogen-bond donors (Lipinski definition) is 3. The monoisotopic (exact) mass is 650 g/mol. The molecule has 3 N–H and O–H groups in total. The highest BCUT2D eigenvalue weighted by molar-refractivity contribution is 6.01. The summed E-state index contributed by atoms with van der Waals surface area (Å²) in [6.07, 6.45) is -0.952. The Morgan fingerprint density at radius 2 is 0.979 bits per heavy atom. The molecule has 0 aliphatic carbocycles. The molecule has 48 heavy (non-hydrogen) atoms. The van der Waals surface area contributed by atoms with E-state index in [0.29, 0.717) is 35.3 Å². The first kappa shape index (κ1) is 34.0. The van der Waals surface area contributed by atoms with Crippen LogP contribution in [0.4, 0.5) is 0 Å². The van der Waals surface area contributed by atoms with E-state index in [1.165, 1.54) is 11.0 Å². The van der Waals surface area contributed by atoms with Gasteiger partial charge in [0, 0.05) is 37.3 Å². The van der Waals surface area contributed by atoms with Crippen molar-refractivity contribution in [2.45, 2.75) is 33.0 Å². The number of aliphatic hydroxyl groups excluding tert-OH is 2. The molecule has 2 saturated heterocycles. The Labute approximate surface area is 278 Å².